The van der Waals surface area contributed by atoms with Crippen LogP contribution in [0.2, 0.25) is 5.02 Å². The van der Waals surface area contributed by atoms with Gasteiger partial charge in [-0.1, -0.05) is 11.6 Å². The summed E-state index contributed by atoms with van der Waals surface area (Å²) in [6.45, 7) is 4.70. The molecule has 0 saturated carbocycles. The Bertz CT molecular complexity index is 572. The third kappa shape index (κ3) is 2.43. The second kappa shape index (κ2) is 5.31. The first kappa shape index (κ1) is 12.8. The topological polar surface area (TPSA) is 37.8 Å². The number of anilines is 1. The zero-order chi connectivity index (χ0) is 13.1. The molecule has 0 fully saturated rings. The molecule has 94 valence electrons. The fraction of sp³-hybridized carbons (Fsp3) is 0.231. The van der Waals surface area contributed by atoms with E-state index in [1.165, 1.54) is 12.4 Å². The average molecular weight is 266 g/mol. The van der Waals surface area contributed by atoms with E-state index in [-0.39, 0.29) is 5.02 Å². The maximum Gasteiger partial charge on any atom is 0.141 e. The number of benzene rings is 1. The molecule has 5 heteroatoms. The fourth-order valence-corrected chi connectivity index (χ4v) is 1.91. The van der Waals surface area contributed by atoms with Gasteiger partial charge in [-0.3, -0.25) is 0 Å². The lowest BCUT2D eigenvalue weighted by Gasteiger charge is -2.10. The summed E-state index contributed by atoms with van der Waals surface area (Å²) in [6, 6.07) is 4.57. The highest BCUT2D eigenvalue weighted by Gasteiger charge is 2.10. The van der Waals surface area contributed by atoms with E-state index in [0.29, 0.717) is 0 Å². The van der Waals surface area contributed by atoms with Crippen molar-refractivity contribution in [1.29, 1.82) is 0 Å². The molecule has 0 unspecified atom stereocenters. The summed E-state index contributed by atoms with van der Waals surface area (Å²) in [6.07, 6.45) is 1.48. The van der Waals surface area contributed by atoms with Gasteiger partial charge in [0, 0.05) is 17.7 Å². The first-order valence-corrected chi connectivity index (χ1v) is 6.02. The van der Waals surface area contributed by atoms with Crippen molar-refractivity contribution in [1.82, 2.24) is 9.97 Å². The third-order valence-corrected chi connectivity index (χ3v) is 2.91. The molecule has 0 aliphatic rings. The summed E-state index contributed by atoms with van der Waals surface area (Å²) in [7, 11) is 0. The Morgan fingerprint density at radius 1 is 1.33 bits per heavy atom. The monoisotopic (exact) mass is 265 g/mol. The molecule has 0 bridgehead atoms. The van der Waals surface area contributed by atoms with Crippen molar-refractivity contribution in [2.45, 2.75) is 13.8 Å². The van der Waals surface area contributed by atoms with E-state index in [0.717, 1.165) is 29.2 Å². The summed E-state index contributed by atoms with van der Waals surface area (Å²) in [5, 5.41) is 3.25. The van der Waals surface area contributed by atoms with Gasteiger partial charge in [0.15, 0.2) is 0 Å². The summed E-state index contributed by atoms with van der Waals surface area (Å²) in [5.74, 6) is 0.349. The largest absolute Gasteiger partial charge is 0.370 e. The minimum Gasteiger partial charge on any atom is -0.370 e. The Morgan fingerprint density at radius 3 is 2.78 bits per heavy atom. The summed E-state index contributed by atoms with van der Waals surface area (Å²) in [4.78, 5) is 8.39. The zero-order valence-electron chi connectivity index (χ0n) is 10.2. The number of nitrogens with zero attached hydrogens (tertiary/aromatic N) is 2. The van der Waals surface area contributed by atoms with Crippen LogP contribution in [-0.4, -0.2) is 16.5 Å². The zero-order valence-corrected chi connectivity index (χ0v) is 10.9. The van der Waals surface area contributed by atoms with Gasteiger partial charge >= 0.3 is 0 Å². The molecule has 1 aromatic carbocycles. The van der Waals surface area contributed by atoms with Crippen molar-refractivity contribution in [3.63, 3.8) is 0 Å². The van der Waals surface area contributed by atoms with Crippen LogP contribution in [0.1, 0.15) is 12.5 Å². The second-order valence-corrected chi connectivity index (χ2v) is 4.26. The van der Waals surface area contributed by atoms with Crippen molar-refractivity contribution in [2.24, 2.45) is 0 Å². The average Bonchev–Trinajstić information content (AvgIpc) is 2.36. The van der Waals surface area contributed by atoms with E-state index < -0.39 is 5.82 Å². The van der Waals surface area contributed by atoms with Crippen molar-refractivity contribution >= 4 is 17.4 Å². The van der Waals surface area contributed by atoms with Crippen LogP contribution in [0, 0.1) is 12.7 Å². The van der Waals surface area contributed by atoms with E-state index in [9.17, 15) is 4.39 Å². The Kier molecular flexibility index (Phi) is 3.77. The molecule has 0 radical (unpaired) electrons. The maximum absolute atomic E-state index is 13.1. The lowest BCUT2D eigenvalue weighted by atomic mass is 10.1. The fourth-order valence-electron chi connectivity index (χ4n) is 1.73. The molecule has 0 atom stereocenters. The molecular weight excluding hydrogens is 253 g/mol. The molecule has 0 saturated heterocycles. The highest BCUT2D eigenvalue weighted by molar-refractivity contribution is 6.31. The number of aromatic nitrogens is 2. The van der Waals surface area contributed by atoms with E-state index in [4.69, 9.17) is 11.6 Å². The van der Waals surface area contributed by atoms with Gasteiger partial charge in [0.25, 0.3) is 0 Å². The van der Waals surface area contributed by atoms with Crippen LogP contribution in [0.3, 0.4) is 0 Å². The highest BCUT2D eigenvalue weighted by Crippen LogP contribution is 2.27. The SMILES string of the molecule is CCNc1ncnc(-c2ccc(F)c(Cl)c2)c1C. The minimum atomic E-state index is -0.431. The normalized spacial score (nSPS) is 10.4. The lowest BCUT2D eigenvalue weighted by Crippen LogP contribution is -2.03. The molecule has 3 nitrogen and oxygen atoms in total. The molecular formula is C13H13ClFN3. The molecule has 0 amide bonds. The van der Waals surface area contributed by atoms with Gasteiger partial charge in [0.05, 0.1) is 10.7 Å². The van der Waals surface area contributed by atoms with Crippen molar-refractivity contribution < 1.29 is 4.39 Å². The van der Waals surface area contributed by atoms with Crippen LogP contribution < -0.4 is 5.32 Å². The molecule has 1 N–H and O–H groups in total. The predicted molar refractivity (Wildman–Crippen MR) is 71.3 cm³/mol. The maximum atomic E-state index is 13.1. The molecule has 2 rings (SSSR count). The van der Waals surface area contributed by atoms with E-state index in [1.54, 1.807) is 12.1 Å². The summed E-state index contributed by atoms with van der Waals surface area (Å²) >= 11 is 5.78. The van der Waals surface area contributed by atoms with E-state index in [1.807, 2.05) is 13.8 Å². The molecule has 2 aromatic rings. The third-order valence-electron chi connectivity index (χ3n) is 2.62. The summed E-state index contributed by atoms with van der Waals surface area (Å²) in [5.41, 5.74) is 2.45. The number of nitrogens with one attached hydrogen (secondary N) is 1. The van der Waals surface area contributed by atoms with Crippen LogP contribution in [0.4, 0.5) is 10.2 Å². The van der Waals surface area contributed by atoms with E-state index in [2.05, 4.69) is 15.3 Å². The smallest absolute Gasteiger partial charge is 0.141 e. The Hall–Kier alpha value is -1.68. The van der Waals surface area contributed by atoms with E-state index >= 15 is 0 Å². The van der Waals surface area contributed by atoms with Crippen molar-refractivity contribution in [3.05, 3.63) is 40.9 Å². The van der Waals surface area contributed by atoms with Gasteiger partial charge < -0.3 is 5.32 Å². The van der Waals surface area contributed by atoms with Gasteiger partial charge in [-0.25, -0.2) is 14.4 Å². The lowest BCUT2D eigenvalue weighted by molar-refractivity contribution is 0.628. The van der Waals surface area contributed by atoms with Crippen molar-refractivity contribution in [2.75, 3.05) is 11.9 Å². The van der Waals surface area contributed by atoms with Gasteiger partial charge in [0.1, 0.15) is 18.0 Å². The minimum absolute atomic E-state index is 0.0931. The van der Waals surface area contributed by atoms with Gasteiger partial charge in [-0.15, -0.1) is 0 Å². The second-order valence-electron chi connectivity index (χ2n) is 3.86. The first-order chi connectivity index (χ1) is 8.63. The molecule has 0 aliphatic heterocycles. The molecule has 0 aliphatic carbocycles. The molecule has 1 heterocycles. The molecule has 1 aromatic heterocycles. The van der Waals surface area contributed by atoms with Crippen molar-refractivity contribution in [3.8, 4) is 11.3 Å². The number of hydrogen-bond acceptors (Lipinski definition) is 3. The highest BCUT2D eigenvalue weighted by atomic mass is 35.5. The molecule has 0 spiro atoms. The van der Waals surface area contributed by atoms with Crippen LogP contribution in [-0.2, 0) is 0 Å². The van der Waals surface area contributed by atoms with Crippen LogP contribution >= 0.6 is 11.6 Å². The number of rotatable bonds is 3. The van der Waals surface area contributed by atoms with Crippen LogP contribution in [0.15, 0.2) is 24.5 Å². The Labute approximate surface area is 110 Å². The standard InChI is InChI=1S/C13H13ClFN3/c1-3-16-13-8(2)12(17-7-18-13)9-4-5-11(15)10(14)6-9/h4-7H,3H2,1-2H3,(H,16,17,18). The number of hydrogen-bond donors (Lipinski definition) is 1. The number of halogens is 2. The van der Waals surface area contributed by atoms with Crippen LogP contribution in [0.25, 0.3) is 11.3 Å². The summed E-state index contributed by atoms with van der Waals surface area (Å²) < 4.78 is 13.1. The predicted octanol–water partition coefficient (Wildman–Crippen LogP) is 3.68. The quantitative estimate of drug-likeness (QED) is 0.920. The first-order valence-electron chi connectivity index (χ1n) is 5.64. The van der Waals surface area contributed by atoms with Crippen LogP contribution in [0.5, 0.6) is 0 Å². The van der Waals surface area contributed by atoms with Gasteiger partial charge in [-0.2, -0.15) is 0 Å². The molecule has 18 heavy (non-hydrogen) atoms. The van der Waals surface area contributed by atoms with Gasteiger partial charge in [0.2, 0.25) is 0 Å². The van der Waals surface area contributed by atoms with Gasteiger partial charge in [-0.05, 0) is 32.0 Å². The Morgan fingerprint density at radius 2 is 2.11 bits per heavy atom. The Balaban J connectivity index is 2.50.